The minimum absolute atomic E-state index is 0.00365. The summed E-state index contributed by atoms with van der Waals surface area (Å²) in [6.07, 6.45) is 1.64. The molecule has 0 bridgehead atoms. The van der Waals surface area contributed by atoms with Gasteiger partial charge in [-0.05, 0) is 30.8 Å². The monoisotopic (exact) mass is 347 g/mol. The van der Waals surface area contributed by atoms with Crippen LogP contribution in [0.2, 0.25) is 0 Å². The molecule has 1 amide bonds. The van der Waals surface area contributed by atoms with Gasteiger partial charge >= 0.3 is 0 Å². The maximum Gasteiger partial charge on any atom is 0.230 e. The van der Waals surface area contributed by atoms with Gasteiger partial charge in [-0.25, -0.2) is 0 Å². The minimum Gasteiger partial charge on any atom is -0.361 e. The maximum atomic E-state index is 11.9. The Balaban J connectivity index is 1.77. The lowest BCUT2D eigenvalue weighted by Gasteiger charge is -2.17. The third-order valence-electron chi connectivity index (χ3n) is 3.99. The lowest BCUT2D eigenvalue weighted by atomic mass is 10.1. The lowest BCUT2D eigenvalue weighted by Crippen LogP contribution is -2.27. The van der Waals surface area contributed by atoms with E-state index in [1.54, 1.807) is 24.0 Å². The molecule has 0 aliphatic heterocycles. The van der Waals surface area contributed by atoms with Crippen LogP contribution >= 0.6 is 11.8 Å². The molecule has 24 heavy (non-hydrogen) atoms. The van der Waals surface area contributed by atoms with E-state index in [0.29, 0.717) is 17.7 Å². The first-order chi connectivity index (χ1) is 11.6. The van der Waals surface area contributed by atoms with Gasteiger partial charge in [-0.2, -0.15) is 11.8 Å². The van der Waals surface area contributed by atoms with Crippen LogP contribution in [-0.4, -0.2) is 46.9 Å². The van der Waals surface area contributed by atoms with E-state index in [2.05, 4.69) is 29.0 Å². The summed E-state index contributed by atoms with van der Waals surface area (Å²) in [5.74, 6) is 1.49. The van der Waals surface area contributed by atoms with Crippen molar-refractivity contribution in [2.45, 2.75) is 20.4 Å². The third kappa shape index (κ3) is 5.39. The summed E-state index contributed by atoms with van der Waals surface area (Å²) in [4.78, 5) is 29.0. The number of carbonyl (C=O) groups excluding carboxylic acids is 1. The molecule has 6 heteroatoms. The average Bonchev–Trinajstić information content (AvgIpc) is 2.60. The zero-order valence-corrected chi connectivity index (χ0v) is 15.1. The average molecular weight is 347 g/mol. The van der Waals surface area contributed by atoms with E-state index in [-0.39, 0.29) is 11.3 Å². The molecule has 0 radical (unpaired) electrons. The molecule has 0 saturated heterocycles. The van der Waals surface area contributed by atoms with E-state index in [1.807, 2.05) is 12.1 Å². The highest BCUT2D eigenvalue weighted by Crippen LogP contribution is 2.10. The van der Waals surface area contributed by atoms with E-state index < -0.39 is 0 Å². The summed E-state index contributed by atoms with van der Waals surface area (Å²) in [5, 5.41) is 3.60. The van der Waals surface area contributed by atoms with Gasteiger partial charge in [-0.15, -0.1) is 0 Å². The maximum absolute atomic E-state index is 11.9. The number of aromatic nitrogens is 1. The van der Waals surface area contributed by atoms with Crippen molar-refractivity contribution < 1.29 is 4.79 Å². The fourth-order valence-electron chi connectivity index (χ4n) is 2.48. The fourth-order valence-corrected chi connectivity index (χ4v) is 3.30. The highest BCUT2D eigenvalue weighted by molar-refractivity contribution is 7.99. The Morgan fingerprint density at radius 1 is 1.25 bits per heavy atom. The molecule has 0 unspecified atom stereocenters. The summed E-state index contributed by atoms with van der Waals surface area (Å²) in [5.41, 5.74) is 1.78. The molecule has 0 aliphatic carbocycles. The Morgan fingerprint density at radius 2 is 2.04 bits per heavy atom. The summed E-state index contributed by atoms with van der Waals surface area (Å²) in [6.45, 7) is 7.89. The Bertz CT molecular complexity index is 726. The number of aromatic amines is 1. The topological polar surface area (TPSA) is 65.2 Å². The van der Waals surface area contributed by atoms with Gasteiger partial charge in [0.25, 0.3) is 0 Å². The van der Waals surface area contributed by atoms with Gasteiger partial charge < -0.3 is 15.2 Å². The highest BCUT2D eigenvalue weighted by Gasteiger charge is 2.05. The SMILES string of the molecule is CCN(CC)CCSCC(=O)NCc1ccc2c(=O)cc[nH]c2c1. The number of hydrogen-bond donors (Lipinski definition) is 2. The smallest absolute Gasteiger partial charge is 0.230 e. The summed E-state index contributed by atoms with van der Waals surface area (Å²) >= 11 is 1.66. The van der Waals surface area contributed by atoms with Gasteiger partial charge in [0, 0.05) is 42.0 Å². The largest absolute Gasteiger partial charge is 0.361 e. The van der Waals surface area contributed by atoms with Crippen molar-refractivity contribution >= 4 is 28.6 Å². The van der Waals surface area contributed by atoms with Crippen LogP contribution in [0.15, 0.2) is 35.3 Å². The van der Waals surface area contributed by atoms with Crippen molar-refractivity contribution in [3.05, 3.63) is 46.2 Å². The van der Waals surface area contributed by atoms with Crippen LogP contribution in [0.3, 0.4) is 0 Å². The standard InChI is InChI=1S/C18H25N3O2S/c1-3-21(4-2)9-10-24-13-18(23)20-12-14-5-6-15-16(11-14)19-8-7-17(15)22/h5-8,11H,3-4,9-10,12-13H2,1-2H3,(H,19,22)(H,20,23). The number of amides is 1. The molecule has 1 aromatic carbocycles. The van der Waals surface area contributed by atoms with E-state index in [0.717, 1.165) is 36.5 Å². The summed E-state index contributed by atoms with van der Waals surface area (Å²) in [7, 11) is 0. The van der Waals surface area contributed by atoms with Crippen molar-refractivity contribution in [1.82, 2.24) is 15.2 Å². The Labute approximate surface area is 146 Å². The molecule has 2 N–H and O–H groups in total. The second-order valence-electron chi connectivity index (χ2n) is 5.58. The Morgan fingerprint density at radius 3 is 2.79 bits per heavy atom. The lowest BCUT2D eigenvalue weighted by molar-refractivity contribution is -0.118. The van der Waals surface area contributed by atoms with Crippen molar-refractivity contribution in [2.75, 3.05) is 31.1 Å². The molecule has 1 aromatic heterocycles. The molecule has 0 aliphatic rings. The molecule has 5 nitrogen and oxygen atoms in total. The van der Waals surface area contributed by atoms with E-state index >= 15 is 0 Å². The number of carbonyl (C=O) groups is 1. The molecule has 0 fully saturated rings. The number of pyridine rings is 1. The third-order valence-corrected chi connectivity index (χ3v) is 4.93. The number of hydrogen-bond acceptors (Lipinski definition) is 4. The van der Waals surface area contributed by atoms with Gasteiger partial charge in [0.2, 0.25) is 5.91 Å². The number of rotatable bonds is 9. The first kappa shape index (κ1) is 18.5. The quantitative estimate of drug-likeness (QED) is 0.683. The molecular formula is C18H25N3O2S. The van der Waals surface area contributed by atoms with Crippen molar-refractivity contribution in [3.63, 3.8) is 0 Å². The first-order valence-corrected chi connectivity index (χ1v) is 9.46. The zero-order valence-electron chi connectivity index (χ0n) is 14.3. The van der Waals surface area contributed by atoms with Crippen LogP contribution in [0.1, 0.15) is 19.4 Å². The molecule has 1 heterocycles. The van der Waals surface area contributed by atoms with Crippen LogP contribution in [-0.2, 0) is 11.3 Å². The molecule has 0 atom stereocenters. The minimum atomic E-state index is 0.00365. The number of thioether (sulfide) groups is 1. The zero-order chi connectivity index (χ0) is 17.4. The van der Waals surface area contributed by atoms with Gasteiger partial charge in [0.1, 0.15) is 0 Å². The molecule has 0 saturated carbocycles. The van der Waals surface area contributed by atoms with Gasteiger partial charge in [0.15, 0.2) is 5.43 Å². The Hall–Kier alpha value is -1.79. The summed E-state index contributed by atoms with van der Waals surface area (Å²) < 4.78 is 0. The molecule has 2 aromatic rings. The van der Waals surface area contributed by atoms with Gasteiger partial charge in [-0.3, -0.25) is 9.59 Å². The predicted octanol–water partition coefficient (Wildman–Crippen LogP) is 2.22. The van der Waals surface area contributed by atoms with E-state index in [4.69, 9.17) is 0 Å². The number of nitrogens with one attached hydrogen (secondary N) is 2. The molecular weight excluding hydrogens is 322 g/mol. The molecule has 0 spiro atoms. The van der Waals surface area contributed by atoms with Gasteiger partial charge in [0.05, 0.1) is 5.75 Å². The van der Waals surface area contributed by atoms with E-state index in [9.17, 15) is 9.59 Å². The number of H-pyrrole nitrogens is 1. The van der Waals surface area contributed by atoms with E-state index in [1.165, 1.54) is 6.07 Å². The first-order valence-electron chi connectivity index (χ1n) is 8.31. The van der Waals surface area contributed by atoms with Crippen LogP contribution in [0, 0.1) is 0 Å². The van der Waals surface area contributed by atoms with Crippen LogP contribution in [0.4, 0.5) is 0 Å². The van der Waals surface area contributed by atoms with Crippen molar-refractivity contribution in [2.24, 2.45) is 0 Å². The van der Waals surface area contributed by atoms with Crippen LogP contribution in [0.5, 0.6) is 0 Å². The number of benzene rings is 1. The van der Waals surface area contributed by atoms with Crippen LogP contribution in [0.25, 0.3) is 10.9 Å². The highest BCUT2D eigenvalue weighted by atomic mass is 32.2. The number of nitrogens with zero attached hydrogens (tertiary/aromatic N) is 1. The van der Waals surface area contributed by atoms with Crippen LogP contribution < -0.4 is 10.7 Å². The normalized spacial score (nSPS) is 11.1. The number of fused-ring (bicyclic) bond motifs is 1. The predicted molar refractivity (Wildman–Crippen MR) is 102 cm³/mol. The Kier molecular flexibility index (Phi) is 7.34. The van der Waals surface area contributed by atoms with Crippen molar-refractivity contribution in [3.8, 4) is 0 Å². The van der Waals surface area contributed by atoms with Gasteiger partial charge in [-0.1, -0.05) is 19.9 Å². The van der Waals surface area contributed by atoms with Crippen molar-refractivity contribution in [1.29, 1.82) is 0 Å². The molecule has 2 rings (SSSR count). The summed E-state index contributed by atoms with van der Waals surface area (Å²) in [6, 6.07) is 7.10. The second kappa shape index (κ2) is 9.49. The molecule has 130 valence electrons. The second-order valence-corrected chi connectivity index (χ2v) is 6.68. The fraction of sp³-hybridized carbons (Fsp3) is 0.444.